The minimum atomic E-state index is 0.886. The molecule has 0 atom stereocenters. The number of piperazine rings is 1. The maximum atomic E-state index is 5.21. The summed E-state index contributed by atoms with van der Waals surface area (Å²) in [6, 6.07) is 0. The van der Waals surface area contributed by atoms with Crippen molar-refractivity contribution >= 4 is 49.3 Å². The average Bonchev–Trinajstić information content (AvgIpc) is 3.41. The number of rotatable bonds is 6. The molecule has 3 aromatic rings. The summed E-state index contributed by atoms with van der Waals surface area (Å²) in [5.74, 6) is 1.13. The Morgan fingerprint density at radius 3 is 2.53 bits per heavy atom. The SMILES string of the molecule is CCCCc1nc2sc3c(N4CCN(CC)CC4)nc(SC)nc3c2c2c1CCC2. The number of thioether (sulfide) groups is 1. The lowest BCUT2D eigenvalue weighted by Crippen LogP contribution is -2.46. The standard InChI is InChI=1S/C23H31N5S2/c1-4-6-10-17-15-8-7-9-16(15)18-19-20(30-22(18)24-17)21(26-23(25-19)29-3)28-13-11-27(5-2)12-14-28/h4-14H2,1-3H3. The number of hydrogen-bond acceptors (Lipinski definition) is 7. The van der Waals surface area contributed by atoms with Gasteiger partial charge in [-0.25, -0.2) is 15.0 Å². The largest absolute Gasteiger partial charge is 0.353 e. The van der Waals surface area contributed by atoms with Gasteiger partial charge in [0.2, 0.25) is 0 Å². The van der Waals surface area contributed by atoms with Crippen LogP contribution in [0.25, 0.3) is 20.4 Å². The summed E-state index contributed by atoms with van der Waals surface area (Å²) >= 11 is 3.47. The molecule has 1 aliphatic heterocycles. The molecule has 0 spiro atoms. The first kappa shape index (κ1) is 20.5. The lowest BCUT2D eigenvalue weighted by atomic mass is 10.0. The molecular weight excluding hydrogens is 410 g/mol. The second-order valence-corrected chi connectivity index (χ2v) is 10.2. The van der Waals surface area contributed by atoms with Crippen LogP contribution in [0, 0.1) is 0 Å². The highest BCUT2D eigenvalue weighted by molar-refractivity contribution is 7.98. The van der Waals surface area contributed by atoms with E-state index in [-0.39, 0.29) is 0 Å². The first-order valence-electron chi connectivity index (χ1n) is 11.4. The Morgan fingerprint density at radius 2 is 1.80 bits per heavy atom. The van der Waals surface area contributed by atoms with Gasteiger partial charge < -0.3 is 9.80 Å². The number of likely N-dealkylation sites (N-methyl/N-ethyl adjacent to an activating group) is 1. The highest BCUT2D eigenvalue weighted by Crippen LogP contribution is 2.43. The van der Waals surface area contributed by atoms with Gasteiger partial charge in [0.1, 0.15) is 4.83 Å². The molecule has 30 heavy (non-hydrogen) atoms. The van der Waals surface area contributed by atoms with Crippen molar-refractivity contribution in [2.45, 2.75) is 57.5 Å². The molecule has 7 heteroatoms. The predicted octanol–water partition coefficient (Wildman–Crippen LogP) is 4.93. The van der Waals surface area contributed by atoms with E-state index >= 15 is 0 Å². The molecule has 4 heterocycles. The summed E-state index contributed by atoms with van der Waals surface area (Å²) < 4.78 is 1.24. The Hall–Kier alpha value is -1.44. The number of nitrogens with zero attached hydrogens (tertiary/aromatic N) is 5. The van der Waals surface area contributed by atoms with Crippen LogP contribution in [0.3, 0.4) is 0 Å². The molecule has 0 radical (unpaired) electrons. The van der Waals surface area contributed by atoms with E-state index in [9.17, 15) is 0 Å². The molecule has 0 unspecified atom stereocenters. The van der Waals surface area contributed by atoms with E-state index in [0.29, 0.717) is 0 Å². The molecule has 1 aliphatic carbocycles. The van der Waals surface area contributed by atoms with Gasteiger partial charge in [-0.15, -0.1) is 11.3 Å². The van der Waals surface area contributed by atoms with Gasteiger partial charge in [0, 0.05) is 37.3 Å². The number of unbranched alkanes of at least 4 members (excludes halogenated alkanes) is 1. The second kappa shape index (κ2) is 8.60. The molecule has 5 rings (SSSR count). The van der Waals surface area contributed by atoms with Crippen LogP contribution in [0.1, 0.15) is 49.9 Å². The third kappa shape index (κ3) is 3.49. The highest BCUT2D eigenvalue weighted by atomic mass is 32.2. The van der Waals surface area contributed by atoms with Gasteiger partial charge in [-0.05, 0) is 56.0 Å². The van der Waals surface area contributed by atoms with Crippen molar-refractivity contribution in [1.82, 2.24) is 19.9 Å². The normalized spacial score (nSPS) is 17.4. The van der Waals surface area contributed by atoms with Crippen molar-refractivity contribution in [3.8, 4) is 0 Å². The van der Waals surface area contributed by atoms with E-state index in [4.69, 9.17) is 15.0 Å². The smallest absolute Gasteiger partial charge is 0.189 e. The number of fused-ring (bicyclic) bond motifs is 5. The van der Waals surface area contributed by atoms with Gasteiger partial charge in [-0.2, -0.15) is 0 Å². The molecular formula is C23H31N5S2. The van der Waals surface area contributed by atoms with Crippen LogP contribution in [0.2, 0.25) is 0 Å². The van der Waals surface area contributed by atoms with Crippen LogP contribution < -0.4 is 4.90 Å². The zero-order chi connectivity index (χ0) is 20.7. The number of thiophene rings is 1. The molecule has 160 valence electrons. The first-order chi connectivity index (χ1) is 14.7. The van der Waals surface area contributed by atoms with Crippen molar-refractivity contribution < 1.29 is 0 Å². The third-order valence-electron chi connectivity index (χ3n) is 6.65. The van der Waals surface area contributed by atoms with Gasteiger partial charge >= 0.3 is 0 Å². The van der Waals surface area contributed by atoms with Crippen LogP contribution in [-0.2, 0) is 19.3 Å². The van der Waals surface area contributed by atoms with E-state index in [1.54, 1.807) is 11.8 Å². The van der Waals surface area contributed by atoms with Crippen molar-refractivity contribution in [2.24, 2.45) is 0 Å². The number of pyridine rings is 1. The average molecular weight is 442 g/mol. The second-order valence-electron chi connectivity index (χ2n) is 8.39. The summed E-state index contributed by atoms with van der Waals surface area (Å²) in [7, 11) is 0. The molecule has 0 bridgehead atoms. The van der Waals surface area contributed by atoms with Crippen molar-refractivity contribution in [1.29, 1.82) is 0 Å². The molecule has 0 N–H and O–H groups in total. The van der Waals surface area contributed by atoms with Crippen LogP contribution in [-0.4, -0.2) is 58.8 Å². The summed E-state index contributed by atoms with van der Waals surface area (Å²) in [6.45, 7) is 9.93. The van der Waals surface area contributed by atoms with Crippen molar-refractivity contribution in [3.05, 3.63) is 16.8 Å². The van der Waals surface area contributed by atoms with Crippen LogP contribution in [0.15, 0.2) is 5.16 Å². The first-order valence-corrected chi connectivity index (χ1v) is 13.4. The summed E-state index contributed by atoms with van der Waals surface area (Å²) in [4.78, 5) is 21.4. The minimum Gasteiger partial charge on any atom is -0.353 e. The van der Waals surface area contributed by atoms with Gasteiger partial charge in [-0.3, -0.25) is 0 Å². The van der Waals surface area contributed by atoms with Gasteiger partial charge in [0.25, 0.3) is 0 Å². The molecule has 5 nitrogen and oxygen atoms in total. The van der Waals surface area contributed by atoms with Gasteiger partial charge in [0.05, 0.1) is 10.2 Å². The van der Waals surface area contributed by atoms with Crippen LogP contribution >= 0.6 is 23.1 Å². The fourth-order valence-corrected chi connectivity index (χ4v) is 6.48. The topological polar surface area (TPSA) is 45.2 Å². The quantitative estimate of drug-likeness (QED) is 0.399. The van der Waals surface area contributed by atoms with Gasteiger partial charge in [-0.1, -0.05) is 32.0 Å². The summed E-state index contributed by atoms with van der Waals surface area (Å²) in [5.41, 5.74) is 5.55. The lowest BCUT2D eigenvalue weighted by Gasteiger charge is -2.34. The van der Waals surface area contributed by atoms with E-state index in [2.05, 4.69) is 29.9 Å². The molecule has 3 aromatic heterocycles. The number of hydrogen-bond donors (Lipinski definition) is 0. The Labute approximate surface area is 187 Å². The number of aryl methyl sites for hydroxylation is 2. The molecule has 2 aliphatic rings. The predicted molar refractivity (Wildman–Crippen MR) is 129 cm³/mol. The molecule has 1 fully saturated rings. The van der Waals surface area contributed by atoms with Crippen LogP contribution in [0.5, 0.6) is 0 Å². The summed E-state index contributed by atoms with van der Waals surface area (Å²) in [6.07, 6.45) is 9.23. The maximum Gasteiger partial charge on any atom is 0.189 e. The monoisotopic (exact) mass is 441 g/mol. The third-order valence-corrected chi connectivity index (χ3v) is 8.27. The fraction of sp³-hybridized carbons (Fsp3) is 0.609. The fourth-order valence-electron chi connectivity index (χ4n) is 4.94. The zero-order valence-electron chi connectivity index (χ0n) is 18.3. The van der Waals surface area contributed by atoms with Crippen LogP contribution in [0.4, 0.5) is 5.82 Å². The minimum absolute atomic E-state index is 0.886. The van der Waals surface area contributed by atoms with Crippen molar-refractivity contribution in [3.63, 3.8) is 0 Å². The van der Waals surface area contributed by atoms with Crippen molar-refractivity contribution in [2.75, 3.05) is 43.9 Å². The van der Waals surface area contributed by atoms with E-state index in [0.717, 1.165) is 55.6 Å². The Morgan fingerprint density at radius 1 is 1.00 bits per heavy atom. The Balaban J connectivity index is 1.68. The number of aromatic nitrogens is 3. The zero-order valence-corrected chi connectivity index (χ0v) is 20.0. The molecule has 1 saturated heterocycles. The Bertz CT molecular complexity index is 1070. The van der Waals surface area contributed by atoms with E-state index < -0.39 is 0 Å². The lowest BCUT2D eigenvalue weighted by molar-refractivity contribution is 0.270. The summed E-state index contributed by atoms with van der Waals surface area (Å²) in [5, 5.41) is 2.21. The Kier molecular flexibility index (Phi) is 5.86. The highest BCUT2D eigenvalue weighted by Gasteiger charge is 2.27. The van der Waals surface area contributed by atoms with E-state index in [1.165, 1.54) is 63.8 Å². The maximum absolute atomic E-state index is 5.21. The molecule has 0 amide bonds. The molecule has 0 aromatic carbocycles. The van der Waals surface area contributed by atoms with E-state index in [1.807, 2.05) is 11.3 Å². The number of anilines is 1. The molecule has 0 saturated carbocycles. The van der Waals surface area contributed by atoms with Gasteiger partial charge in [0.15, 0.2) is 11.0 Å².